The van der Waals surface area contributed by atoms with Gasteiger partial charge in [0, 0.05) is 17.3 Å². The highest BCUT2D eigenvalue weighted by atomic mass is 16.6. The first-order chi connectivity index (χ1) is 11.7. The van der Waals surface area contributed by atoms with E-state index in [1.807, 2.05) is 27.8 Å². The third kappa shape index (κ3) is 5.63. The quantitative estimate of drug-likeness (QED) is 0.709. The first kappa shape index (κ1) is 19.1. The second kappa shape index (κ2) is 7.74. The van der Waals surface area contributed by atoms with Gasteiger partial charge in [0.1, 0.15) is 13.2 Å². The predicted molar refractivity (Wildman–Crippen MR) is 95.2 cm³/mol. The van der Waals surface area contributed by atoms with Crippen LogP contribution in [0, 0.1) is 0 Å². The highest BCUT2D eigenvalue weighted by Crippen LogP contribution is 2.32. The lowest BCUT2D eigenvalue weighted by Crippen LogP contribution is -3.15. The van der Waals surface area contributed by atoms with Crippen molar-refractivity contribution in [2.45, 2.75) is 39.3 Å². The van der Waals surface area contributed by atoms with Gasteiger partial charge < -0.3 is 25.0 Å². The van der Waals surface area contributed by atoms with Crippen LogP contribution in [0.2, 0.25) is 0 Å². The summed E-state index contributed by atoms with van der Waals surface area (Å²) < 4.78 is 11.0. The lowest BCUT2D eigenvalue weighted by Gasteiger charge is -2.24. The summed E-state index contributed by atoms with van der Waals surface area (Å²) >= 11 is 0. The van der Waals surface area contributed by atoms with E-state index < -0.39 is 0 Å². The van der Waals surface area contributed by atoms with Crippen LogP contribution in [0.5, 0.6) is 11.5 Å². The number of nitrogens with one attached hydrogen (secondary N) is 3. The van der Waals surface area contributed by atoms with Gasteiger partial charge in [0.05, 0.1) is 7.05 Å². The average Bonchev–Trinajstić information content (AvgIpc) is 2.52. The Kier molecular flexibility index (Phi) is 5.89. The van der Waals surface area contributed by atoms with Crippen LogP contribution in [0.1, 0.15) is 27.7 Å². The number of carbonyl (C=O) groups is 2. The van der Waals surface area contributed by atoms with Gasteiger partial charge in [-0.25, -0.2) is 0 Å². The monoisotopic (exact) mass is 350 g/mol. The number of carbonyl (C=O) groups excluding carboxylic acids is 2. The van der Waals surface area contributed by atoms with Gasteiger partial charge in [0.25, 0.3) is 11.8 Å². The average molecular weight is 350 g/mol. The Bertz CT molecular complexity index is 640. The second-order valence-corrected chi connectivity index (χ2v) is 7.39. The van der Waals surface area contributed by atoms with Gasteiger partial charge in [0.2, 0.25) is 0 Å². The minimum Gasteiger partial charge on any atom is -0.486 e. The number of ether oxygens (including phenoxy) is 2. The molecule has 1 aromatic carbocycles. The van der Waals surface area contributed by atoms with Crippen LogP contribution in [-0.2, 0) is 9.59 Å². The van der Waals surface area contributed by atoms with E-state index in [2.05, 4.69) is 10.6 Å². The molecular weight excluding hydrogens is 322 g/mol. The molecule has 0 bridgehead atoms. The number of rotatable bonds is 5. The molecule has 1 unspecified atom stereocenters. The highest BCUT2D eigenvalue weighted by Gasteiger charge is 2.26. The van der Waals surface area contributed by atoms with E-state index in [1.54, 1.807) is 25.1 Å². The van der Waals surface area contributed by atoms with Crippen molar-refractivity contribution in [1.29, 1.82) is 0 Å². The van der Waals surface area contributed by atoms with Crippen molar-refractivity contribution in [1.82, 2.24) is 5.32 Å². The van der Waals surface area contributed by atoms with Gasteiger partial charge in [-0.3, -0.25) is 9.59 Å². The molecule has 0 saturated heterocycles. The minimum absolute atomic E-state index is 0.0796. The molecule has 3 N–H and O–H groups in total. The Morgan fingerprint density at radius 3 is 2.48 bits per heavy atom. The van der Waals surface area contributed by atoms with Crippen LogP contribution >= 0.6 is 0 Å². The normalized spacial score (nSPS) is 15.9. The molecule has 2 amide bonds. The molecule has 25 heavy (non-hydrogen) atoms. The molecular formula is C18H28N3O4+. The van der Waals surface area contributed by atoms with Crippen molar-refractivity contribution in [3.8, 4) is 11.5 Å². The molecule has 0 saturated carbocycles. The number of fused-ring (bicyclic) bond motifs is 1. The maximum absolute atomic E-state index is 12.5. The summed E-state index contributed by atoms with van der Waals surface area (Å²) in [6.07, 6.45) is 0. The Labute approximate surface area is 148 Å². The van der Waals surface area contributed by atoms with Crippen molar-refractivity contribution < 1.29 is 24.0 Å². The third-order valence-corrected chi connectivity index (χ3v) is 3.90. The van der Waals surface area contributed by atoms with Crippen LogP contribution in [0.25, 0.3) is 0 Å². The van der Waals surface area contributed by atoms with E-state index in [0.29, 0.717) is 30.4 Å². The number of quaternary nitrogens is 1. The zero-order valence-corrected chi connectivity index (χ0v) is 15.6. The van der Waals surface area contributed by atoms with Crippen LogP contribution in [0.15, 0.2) is 18.2 Å². The molecule has 138 valence electrons. The molecule has 1 aliphatic heterocycles. The van der Waals surface area contributed by atoms with E-state index >= 15 is 0 Å². The fraction of sp³-hybridized carbons (Fsp3) is 0.556. The largest absolute Gasteiger partial charge is 0.486 e. The van der Waals surface area contributed by atoms with Gasteiger partial charge in [0.15, 0.2) is 24.1 Å². The first-order valence-corrected chi connectivity index (χ1v) is 8.49. The maximum atomic E-state index is 12.5. The third-order valence-electron chi connectivity index (χ3n) is 3.90. The summed E-state index contributed by atoms with van der Waals surface area (Å²) in [5.41, 5.74) is 0.363. The molecule has 0 aliphatic carbocycles. The summed E-state index contributed by atoms with van der Waals surface area (Å²) in [6.45, 7) is 8.84. The molecule has 0 radical (unpaired) electrons. The number of likely N-dealkylation sites (N-methyl/N-ethyl adjacent to an activating group) is 1. The molecule has 2 atom stereocenters. The zero-order chi connectivity index (χ0) is 18.6. The Morgan fingerprint density at radius 1 is 1.20 bits per heavy atom. The number of amides is 2. The summed E-state index contributed by atoms with van der Waals surface area (Å²) in [5, 5.41) is 5.77. The number of hydrogen-bond donors (Lipinski definition) is 3. The summed E-state index contributed by atoms with van der Waals surface area (Å²) in [5.74, 6) is 1.07. The second-order valence-electron chi connectivity index (χ2n) is 7.39. The molecule has 7 heteroatoms. The fourth-order valence-corrected chi connectivity index (χ4v) is 2.46. The molecule has 7 nitrogen and oxygen atoms in total. The topological polar surface area (TPSA) is 81.1 Å². The Hall–Kier alpha value is -2.28. The highest BCUT2D eigenvalue weighted by molar-refractivity contribution is 5.94. The molecule has 0 fully saturated rings. The molecule has 1 heterocycles. The number of benzene rings is 1. The van der Waals surface area contributed by atoms with Crippen molar-refractivity contribution in [3.63, 3.8) is 0 Å². The summed E-state index contributed by atoms with van der Waals surface area (Å²) in [4.78, 5) is 25.3. The van der Waals surface area contributed by atoms with E-state index in [-0.39, 0.29) is 29.9 Å². The van der Waals surface area contributed by atoms with Crippen molar-refractivity contribution >= 4 is 17.5 Å². The van der Waals surface area contributed by atoms with Gasteiger partial charge in [-0.05, 0) is 39.8 Å². The van der Waals surface area contributed by atoms with Crippen LogP contribution in [-0.4, -0.2) is 50.2 Å². The molecule has 2 rings (SSSR count). The van der Waals surface area contributed by atoms with Gasteiger partial charge in [-0.15, -0.1) is 0 Å². The van der Waals surface area contributed by atoms with Gasteiger partial charge in [-0.2, -0.15) is 0 Å². The standard InChI is InChI=1S/C18H27N3O4/c1-12(21(5)11-16(22)20-18(2,3)4)17(23)19-13-6-7-14-15(10-13)25-9-8-24-14/h6-7,10,12H,8-9,11H2,1-5H3,(H,19,23)(H,20,22)/p+1/t12-/m0/s1. The van der Waals surface area contributed by atoms with Crippen molar-refractivity contribution in [2.24, 2.45) is 0 Å². The van der Waals surface area contributed by atoms with E-state index in [4.69, 9.17) is 9.47 Å². The SMILES string of the molecule is C[C@@H](C(=O)Nc1ccc2c(c1)OCCO2)[NH+](C)CC(=O)NC(C)(C)C. The van der Waals surface area contributed by atoms with Crippen molar-refractivity contribution in [2.75, 3.05) is 32.1 Å². The van der Waals surface area contributed by atoms with Gasteiger partial charge in [-0.1, -0.05) is 0 Å². The Morgan fingerprint density at radius 2 is 1.84 bits per heavy atom. The number of anilines is 1. The van der Waals surface area contributed by atoms with Gasteiger partial charge >= 0.3 is 0 Å². The molecule has 0 spiro atoms. The summed E-state index contributed by atoms with van der Waals surface area (Å²) in [7, 11) is 1.83. The zero-order valence-electron chi connectivity index (χ0n) is 15.6. The molecule has 1 aromatic rings. The number of hydrogen-bond acceptors (Lipinski definition) is 4. The van der Waals surface area contributed by atoms with E-state index in [0.717, 1.165) is 4.90 Å². The van der Waals surface area contributed by atoms with Crippen LogP contribution in [0.4, 0.5) is 5.69 Å². The predicted octanol–water partition coefficient (Wildman–Crippen LogP) is 0.214. The lowest BCUT2D eigenvalue weighted by atomic mass is 10.1. The molecule has 1 aliphatic rings. The maximum Gasteiger partial charge on any atom is 0.282 e. The van der Waals surface area contributed by atoms with E-state index in [9.17, 15) is 9.59 Å². The first-order valence-electron chi connectivity index (χ1n) is 8.49. The molecule has 0 aromatic heterocycles. The van der Waals surface area contributed by atoms with Crippen molar-refractivity contribution in [3.05, 3.63) is 18.2 Å². The summed E-state index contributed by atoms with van der Waals surface area (Å²) in [6, 6.07) is 4.93. The lowest BCUT2D eigenvalue weighted by molar-refractivity contribution is -0.885. The smallest absolute Gasteiger partial charge is 0.282 e. The minimum atomic E-state index is -0.376. The van der Waals surface area contributed by atoms with Crippen LogP contribution in [0.3, 0.4) is 0 Å². The van der Waals surface area contributed by atoms with E-state index in [1.165, 1.54) is 0 Å². The fourth-order valence-electron chi connectivity index (χ4n) is 2.46. The Balaban J connectivity index is 1.92. The van der Waals surface area contributed by atoms with Crippen LogP contribution < -0.4 is 25.0 Å².